The van der Waals surface area contributed by atoms with E-state index in [1.54, 1.807) is 0 Å². The molecule has 0 spiro atoms. The minimum atomic E-state index is -0.0291. The second kappa shape index (κ2) is 6.30. The molecule has 0 amide bonds. The highest BCUT2D eigenvalue weighted by atomic mass is 16.5. The average molecular weight is 312 g/mol. The van der Waals surface area contributed by atoms with Crippen molar-refractivity contribution < 1.29 is 9.53 Å². The molecule has 5 rings (SSSR count). The van der Waals surface area contributed by atoms with Gasteiger partial charge in [0.25, 0.3) is 0 Å². The van der Waals surface area contributed by atoms with Crippen LogP contribution in [0.2, 0.25) is 0 Å². The predicted octanol–water partition coefficient (Wildman–Crippen LogP) is 4.77. The molecular weight excluding hydrogens is 284 g/mol. The Labute approximate surface area is 139 Å². The molecule has 0 aromatic heterocycles. The Morgan fingerprint density at radius 3 is 2.22 bits per heavy atom. The summed E-state index contributed by atoms with van der Waals surface area (Å²) >= 11 is 0. The van der Waals surface area contributed by atoms with Gasteiger partial charge in [0.15, 0.2) is 0 Å². The third-order valence-corrected chi connectivity index (χ3v) is 6.52. The first-order chi connectivity index (χ1) is 11.2. The van der Waals surface area contributed by atoms with Crippen molar-refractivity contribution in [2.45, 2.75) is 57.8 Å². The van der Waals surface area contributed by atoms with Crippen molar-refractivity contribution in [3.63, 3.8) is 0 Å². The monoisotopic (exact) mass is 312 g/mol. The number of aryl methyl sites for hydroxylation is 1. The third-order valence-electron chi connectivity index (χ3n) is 6.52. The van der Waals surface area contributed by atoms with Crippen LogP contribution < -0.4 is 0 Å². The molecule has 4 aliphatic carbocycles. The van der Waals surface area contributed by atoms with Gasteiger partial charge in [-0.15, -0.1) is 0 Å². The Balaban J connectivity index is 1.22. The number of carbonyl (C=O) groups is 1. The summed E-state index contributed by atoms with van der Waals surface area (Å²) < 4.78 is 5.56. The average Bonchev–Trinajstić information content (AvgIpc) is 2.52. The fourth-order valence-electron chi connectivity index (χ4n) is 5.94. The van der Waals surface area contributed by atoms with Gasteiger partial charge in [-0.25, -0.2) is 0 Å². The maximum atomic E-state index is 12.0. The van der Waals surface area contributed by atoms with Gasteiger partial charge in [0, 0.05) is 6.42 Å². The summed E-state index contributed by atoms with van der Waals surface area (Å²) in [7, 11) is 0. The lowest BCUT2D eigenvalue weighted by Crippen LogP contribution is -2.46. The van der Waals surface area contributed by atoms with Crippen LogP contribution in [0.15, 0.2) is 30.3 Å². The van der Waals surface area contributed by atoms with E-state index in [2.05, 4.69) is 12.1 Å². The first-order valence-corrected chi connectivity index (χ1v) is 9.40. The fourth-order valence-corrected chi connectivity index (χ4v) is 5.94. The zero-order valence-electron chi connectivity index (χ0n) is 14.0. The lowest BCUT2D eigenvalue weighted by Gasteiger charge is -2.57. The van der Waals surface area contributed by atoms with Crippen LogP contribution in [0.4, 0.5) is 0 Å². The first-order valence-electron chi connectivity index (χ1n) is 9.40. The lowest BCUT2D eigenvalue weighted by molar-refractivity contribution is -0.146. The van der Waals surface area contributed by atoms with E-state index >= 15 is 0 Å². The van der Waals surface area contributed by atoms with Crippen molar-refractivity contribution in [2.75, 3.05) is 6.61 Å². The number of carbonyl (C=O) groups excluding carboxylic acids is 1. The molecule has 0 saturated heterocycles. The molecule has 4 bridgehead atoms. The van der Waals surface area contributed by atoms with E-state index in [4.69, 9.17) is 4.74 Å². The summed E-state index contributed by atoms with van der Waals surface area (Å²) in [5, 5.41) is 0. The van der Waals surface area contributed by atoms with Crippen LogP contribution in [0.3, 0.4) is 0 Å². The van der Waals surface area contributed by atoms with E-state index in [1.165, 1.54) is 44.1 Å². The standard InChI is InChI=1S/C21H28O2/c22-20(7-6-16-4-2-1-3-5-16)23-9-8-21-13-17-10-18(14-21)12-19(11-17)15-21/h1-5,17-19H,6-15H2. The quantitative estimate of drug-likeness (QED) is 0.707. The maximum absolute atomic E-state index is 12.0. The first kappa shape index (κ1) is 15.2. The van der Waals surface area contributed by atoms with Gasteiger partial charge in [0.2, 0.25) is 0 Å². The van der Waals surface area contributed by atoms with Crippen LogP contribution in [0, 0.1) is 23.2 Å². The fraction of sp³-hybridized carbons (Fsp3) is 0.667. The van der Waals surface area contributed by atoms with Gasteiger partial charge < -0.3 is 4.74 Å². The number of rotatable bonds is 6. The van der Waals surface area contributed by atoms with Gasteiger partial charge in [-0.1, -0.05) is 30.3 Å². The zero-order chi connectivity index (χ0) is 15.7. The lowest BCUT2D eigenvalue weighted by atomic mass is 9.49. The molecule has 2 heteroatoms. The molecule has 0 unspecified atom stereocenters. The van der Waals surface area contributed by atoms with Crippen molar-refractivity contribution in [3.8, 4) is 0 Å². The number of esters is 1. The highest BCUT2D eigenvalue weighted by Crippen LogP contribution is 2.61. The normalized spacial score (nSPS) is 34.5. The van der Waals surface area contributed by atoms with Crippen molar-refractivity contribution in [1.82, 2.24) is 0 Å². The van der Waals surface area contributed by atoms with Gasteiger partial charge in [0.1, 0.15) is 0 Å². The molecule has 4 saturated carbocycles. The van der Waals surface area contributed by atoms with Crippen molar-refractivity contribution in [2.24, 2.45) is 23.2 Å². The van der Waals surface area contributed by atoms with E-state index in [0.717, 1.165) is 30.6 Å². The van der Waals surface area contributed by atoms with E-state index in [9.17, 15) is 4.79 Å². The number of hydrogen-bond acceptors (Lipinski definition) is 2. The summed E-state index contributed by atoms with van der Waals surface area (Å²) in [5.74, 6) is 2.92. The molecule has 0 radical (unpaired) electrons. The van der Waals surface area contributed by atoms with Crippen molar-refractivity contribution in [1.29, 1.82) is 0 Å². The number of hydrogen-bond donors (Lipinski definition) is 0. The molecule has 2 nitrogen and oxygen atoms in total. The Kier molecular flexibility index (Phi) is 4.17. The molecule has 0 N–H and O–H groups in total. The van der Waals surface area contributed by atoms with E-state index in [-0.39, 0.29) is 5.97 Å². The molecule has 1 aromatic rings. The molecular formula is C21H28O2. The number of benzene rings is 1. The van der Waals surface area contributed by atoms with Crippen LogP contribution in [-0.2, 0) is 16.0 Å². The van der Waals surface area contributed by atoms with Gasteiger partial charge in [-0.3, -0.25) is 4.79 Å². The summed E-state index contributed by atoms with van der Waals surface area (Å²) in [6, 6.07) is 10.2. The highest BCUT2D eigenvalue weighted by Gasteiger charge is 2.50. The molecule has 0 heterocycles. The second-order valence-electron chi connectivity index (χ2n) is 8.37. The summed E-state index contributed by atoms with van der Waals surface area (Å²) in [6.07, 6.45) is 11.1. The largest absolute Gasteiger partial charge is 0.466 e. The molecule has 4 fully saturated rings. The highest BCUT2D eigenvalue weighted by molar-refractivity contribution is 5.69. The van der Waals surface area contributed by atoms with E-state index in [1.807, 2.05) is 18.2 Å². The summed E-state index contributed by atoms with van der Waals surface area (Å²) in [5.41, 5.74) is 1.74. The Hall–Kier alpha value is -1.31. The second-order valence-corrected chi connectivity index (χ2v) is 8.37. The maximum Gasteiger partial charge on any atom is 0.306 e. The topological polar surface area (TPSA) is 26.3 Å². The van der Waals surface area contributed by atoms with Gasteiger partial charge in [-0.05, 0) is 80.1 Å². The van der Waals surface area contributed by atoms with Crippen molar-refractivity contribution >= 4 is 5.97 Å². The van der Waals surface area contributed by atoms with E-state index in [0.29, 0.717) is 18.4 Å². The van der Waals surface area contributed by atoms with Crippen LogP contribution in [0.1, 0.15) is 56.9 Å². The molecule has 0 aliphatic heterocycles. The van der Waals surface area contributed by atoms with Crippen LogP contribution in [0.5, 0.6) is 0 Å². The third kappa shape index (κ3) is 3.46. The van der Waals surface area contributed by atoms with Crippen LogP contribution >= 0.6 is 0 Å². The molecule has 1 aromatic carbocycles. The minimum Gasteiger partial charge on any atom is -0.466 e. The number of ether oxygens (including phenoxy) is 1. The minimum absolute atomic E-state index is 0.0291. The molecule has 4 aliphatic rings. The summed E-state index contributed by atoms with van der Waals surface area (Å²) in [4.78, 5) is 12.0. The van der Waals surface area contributed by atoms with Gasteiger partial charge in [-0.2, -0.15) is 0 Å². The predicted molar refractivity (Wildman–Crippen MR) is 90.9 cm³/mol. The Bertz CT molecular complexity index is 513. The zero-order valence-corrected chi connectivity index (χ0v) is 14.0. The van der Waals surface area contributed by atoms with Crippen LogP contribution in [-0.4, -0.2) is 12.6 Å². The Morgan fingerprint density at radius 1 is 1.00 bits per heavy atom. The summed E-state index contributed by atoms with van der Waals surface area (Å²) in [6.45, 7) is 0.639. The van der Waals surface area contributed by atoms with Crippen molar-refractivity contribution in [3.05, 3.63) is 35.9 Å². The van der Waals surface area contributed by atoms with Gasteiger partial charge in [0.05, 0.1) is 6.61 Å². The van der Waals surface area contributed by atoms with E-state index < -0.39 is 0 Å². The Morgan fingerprint density at radius 2 is 1.61 bits per heavy atom. The molecule has 23 heavy (non-hydrogen) atoms. The SMILES string of the molecule is O=C(CCc1ccccc1)OCCC12CC3CC(CC(C3)C1)C2. The van der Waals surface area contributed by atoms with Gasteiger partial charge >= 0.3 is 5.97 Å². The van der Waals surface area contributed by atoms with Crippen LogP contribution in [0.25, 0.3) is 0 Å². The molecule has 124 valence electrons. The molecule has 0 atom stereocenters. The smallest absolute Gasteiger partial charge is 0.306 e.